The van der Waals surface area contributed by atoms with Crippen LogP contribution < -0.4 is 5.32 Å². The smallest absolute Gasteiger partial charge is 0.475 e. The van der Waals surface area contributed by atoms with Gasteiger partial charge in [-0.1, -0.05) is 17.0 Å². The van der Waals surface area contributed by atoms with E-state index in [1.165, 1.54) is 23.6 Å². The first kappa shape index (κ1) is 23.6. The number of carboxylic acid groups (broad SMARTS) is 1. The number of ether oxygens (including phenoxy) is 1. The van der Waals surface area contributed by atoms with Gasteiger partial charge in [0, 0.05) is 18.7 Å². The number of rotatable bonds is 4. The molecule has 1 saturated heterocycles. The standard InChI is InChI=1S/C13H18N4O3S.C2HF3O2/c1-9(18)21-12-3-4-14-6-10(12)5-11-7-15-16-17(11)8-13(19)20-2;3-2(4,5)1(6)7/h5,7,12,14H,3-4,6,8H2,1-2H3;(H,6,7). The molecule has 1 aromatic heterocycles. The molecule has 1 atom stereocenters. The number of carboxylic acids is 1. The predicted octanol–water partition coefficient (Wildman–Crippen LogP) is 1.11. The van der Waals surface area contributed by atoms with E-state index in [2.05, 4.69) is 20.4 Å². The van der Waals surface area contributed by atoms with Gasteiger partial charge in [-0.2, -0.15) is 13.2 Å². The fourth-order valence-electron chi connectivity index (χ4n) is 2.12. The fourth-order valence-corrected chi connectivity index (χ4v) is 3.06. The third kappa shape index (κ3) is 8.08. The summed E-state index contributed by atoms with van der Waals surface area (Å²) in [5.41, 5.74) is 1.84. The molecule has 0 amide bonds. The van der Waals surface area contributed by atoms with Crippen LogP contribution in [-0.2, 0) is 25.7 Å². The SMILES string of the molecule is COC(=O)Cn1nncc1C=C1CNCCC1SC(C)=O.O=C(O)C(F)(F)F. The molecule has 2 heterocycles. The van der Waals surface area contributed by atoms with Crippen molar-refractivity contribution in [2.75, 3.05) is 20.2 Å². The van der Waals surface area contributed by atoms with Gasteiger partial charge in [0.25, 0.3) is 0 Å². The van der Waals surface area contributed by atoms with E-state index in [-0.39, 0.29) is 22.9 Å². The highest BCUT2D eigenvalue weighted by Gasteiger charge is 2.38. The van der Waals surface area contributed by atoms with Crippen molar-refractivity contribution in [1.29, 1.82) is 0 Å². The lowest BCUT2D eigenvalue weighted by Gasteiger charge is -2.24. The Hall–Kier alpha value is -2.41. The summed E-state index contributed by atoms with van der Waals surface area (Å²) in [7, 11) is 1.34. The Labute approximate surface area is 162 Å². The van der Waals surface area contributed by atoms with Crippen LogP contribution in [-0.4, -0.2) is 68.8 Å². The molecule has 156 valence electrons. The maximum absolute atomic E-state index is 11.3. The maximum atomic E-state index is 11.3. The average molecular weight is 424 g/mol. The third-order valence-electron chi connectivity index (χ3n) is 3.36. The molecule has 9 nitrogen and oxygen atoms in total. The van der Waals surface area contributed by atoms with E-state index in [9.17, 15) is 22.8 Å². The lowest BCUT2D eigenvalue weighted by Crippen LogP contribution is -2.32. The number of alkyl halides is 3. The van der Waals surface area contributed by atoms with E-state index in [1.54, 1.807) is 13.1 Å². The summed E-state index contributed by atoms with van der Waals surface area (Å²) in [6.07, 6.45) is -0.648. The zero-order valence-corrected chi connectivity index (χ0v) is 15.8. The van der Waals surface area contributed by atoms with E-state index >= 15 is 0 Å². The van der Waals surface area contributed by atoms with Gasteiger partial charge in [-0.05, 0) is 24.6 Å². The van der Waals surface area contributed by atoms with E-state index in [0.717, 1.165) is 24.2 Å². The van der Waals surface area contributed by atoms with Gasteiger partial charge in [-0.15, -0.1) is 5.10 Å². The van der Waals surface area contributed by atoms with Crippen molar-refractivity contribution in [3.05, 3.63) is 17.5 Å². The molecule has 1 aromatic rings. The van der Waals surface area contributed by atoms with E-state index in [4.69, 9.17) is 9.90 Å². The first-order valence-electron chi connectivity index (χ1n) is 7.88. The molecule has 1 fully saturated rings. The number of carbonyl (C=O) groups is 3. The van der Waals surface area contributed by atoms with Crippen LogP contribution in [0.15, 0.2) is 11.8 Å². The van der Waals surface area contributed by atoms with Crippen molar-refractivity contribution in [2.45, 2.75) is 31.3 Å². The van der Waals surface area contributed by atoms with Crippen LogP contribution in [0.5, 0.6) is 0 Å². The van der Waals surface area contributed by atoms with E-state index < -0.39 is 12.1 Å². The normalized spacial score (nSPS) is 18.2. The molecule has 1 aliphatic heterocycles. The quantitative estimate of drug-likeness (QED) is 0.684. The summed E-state index contributed by atoms with van der Waals surface area (Å²) < 4.78 is 37.9. The largest absolute Gasteiger partial charge is 0.490 e. The minimum Gasteiger partial charge on any atom is -0.475 e. The first-order chi connectivity index (χ1) is 13.0. The summed E-state index contributed by atoms with van der Waals surface area (Å²) in [6, 6.07) is 0. The zero-order valence-electron chi connectivity index (χ0n) is 15.0. The van der Waals surface area contributed by atoms with Crippen molar-refractivity contribution in [2.24, 2.45) is 0 Å². The van der Waals surface area contributed by atoms with Crippen molar-refractivity contribution in [3.63, 3.8) is 0 Å². The number of thioether (sulfide) groups is 1. The third-order valence-corrected chi connectivity index (χ3v) is 4.52. The van der Waals surface area contributed by atoms with Crippen molar-refractivity contribution in [1.82, 2.24) is 20.3 Å². The minimum absolute atomic E-state index is 0.0214. The Balaban J connectivity index is 0.000000480. The number of methoxy groups -OCH3 is 1. The molecule has 1 aliphatic rings. The van der Waals surface area contributed by atoms with Crippen LogP contribution in [0.1, 0.15) is 19.0 Å². The Morgan fingerprint density at radius 1 is 1.46 bits per heavy atom. The molecule has 28 heavy (non-hydrogen) atoms. The number of hydrogen-bond acceptors (Lipinski definition) is 8. The Kier molecular flexibility index (Phi) is 9.12. The van der Waals surface area contributed by atoms with Gasteiger partial charge >= 0.3 is 18.1 Å². The van der Waals surface area contributed by atoms with Gasteiger partial charge in [0.1, 0.15) is 6.54 Å². The Morgan fingerprint density at radius 3 is 2.64 bits per heavy atom. The van der Waals surface area contributed by atoms with E-state index in [0.29, 0.717) is 6.54 Å². The van der Waals surface area contributed by atoms with Crippen LogP contribution in [0.2, 0.25) is 0 Å². The van der Waals surface area contributed by atoms with Gasteiger partial charge in [0.2, 0.25) is 0 Å². The molecule has 2 N–H and O–H groups in total. The summed E-state index contributed by atoms with van der Waals surface area (Å²) >= 11 is 1.34. The highest BCUT2D eigenvalue weighted by atomic mass is 32.2. The van der Waals surface area contributed by atoms with Crippen LogP contribution in [0.3, 0.4) is 0 Å². The highest BCUT2D eigenvalue weighted by molar-refractivity contribution is 8.14. The predicted molar refractivity (Wildman–Crippen MR) is 93.3 cm³/mol. The molecule has 0 saturated carbocycles. The fraction of sp³-hybridized carbons (Fsp3) is 0.533. The minimum atomic E-state index is -5.08. The number of aliphatic carboxylic acids is 1. The van der Waals surface area contributed by atoms with Gasteiger partial charge in [-0.3, -0.25) is 9.59 Å². The molecule has 0 aliphatic carbocycles. The summed E-state index contributed by atoms with van der Waals surface area (Å²) in [4.78, 5) is 31.6. The number of halogens is 3. The number of esters is 1. The van der Waals surface area contributed by atoms with Crippen LogP contribution in [0.4, 0.5) is 13.2 Å². The number of carbonyl (C=O) groups excluding carboxylic acids is 2. The molecular formula is C15H19F3N4O5S. The van der Waals surface area contributed by atoms with Crippen LogP contribution in [0, 0.1) is 0 Å². The molecule has 0 bridgehead atoms. The molecule has 0 aromatic carbocycles. The first-order valence-corrected chi connectivity index (χ1v) is 8.76. The summed E-state index contributed by atoms with van der Waals surface area (Å²) in [5.74, 6) is -3.14. The second-order valence-electron chi connectivity index (χ2n) is 5.48. The lowest BCUT2D eigenvalue weighted by atomic mass is 10.0. The number of nitrogens with one attached hydrogen (secondary N) is 1. The monoisotopic (exact) mass is 424 g/mol. The second-order valence-corrected chi connectivity index (χ2v) is 6.86. The molecule has 2 rings (SSSR count). The number of piperidine rings is 1. The van der Waals surface area contributed by atoms with Gasteiger partial charge in [0.15, 0.2) is 5.12 Å². The second kappa shape index (κ2) is 10.8. The summed E-state index contributed by atoms with van der Waals surface area (Å²) in [6.45, 7) is 3.21. The maximum Gasteiger partial charge on any atom is 0.490 e. The molecule has 0 spiro atoms. The Morgan fingerprint density at radius 2 is 2.11 bits per heavy atom. The van der Waals surface area contributed by atoms with Gasteiger partial charge < -0.3 is 15.2 Å². The molecule has 0 radical (unpaired) electrons. The van der Waals surface area contributed by atoms with Crippen LogP contribution >= 0.6 is 11.8 Å². The zero-order chi connectivity index (χ0) is 21.3. The molecule has 13 heteroatoms. The van der Waals surface area contributed by atoms with Crippen molar-refractivity contribution < 1.29 is 37.4 Å². The lowest BCUT2D eigenvalue weighted by molar-refractivity contribution is -0.192. The van der Waals surface area contributed by atoms with Crippen LogP contribution in [0.25, 0.3) is 6.08 Å². The number of hydrogen-bond donors (Lipinski definition) is 2. The van der Waals surface area contributed by atoms with Gasteiger partial charge in [-0.25, -0.2) is 9.48 Å². The van der Waals surface area contributed by atoms with Crippen molar-refractivity contribution >= 4 is 34.9 Å². The molecule has 1 unspecified atom stereocenters. The van der Waals surface area contributed by atoms with Gasteiger partial charge in [0.05, 0.1) is 19.0 Å². The Bertz CT molecular complexity index is 736. The molecular weight excluding hydrogens is 405 g/mol. The topological polar surface area (TPSA) is 123 Å². The summed E-state index contributed by atoms with van der Waals surface area (Å²) in [5, 5.41) is 18.4. The highest BCUT2D eigenvalue weighted by Crippen LogP contribution is 2.26. The number of nitrogens with zero attached hydrogens (tertiary/aromatic N) is 3. The number of aromatic nitrogens is 3. The van der Waals surface area contributed by atoms with E-state index in [1.807, 2.05) is 6.08 Å². The van der Waals surface area contributed by atoms with Crippen molar-refractivity contribution in [3.8, 4) is 0 Å². The average Bonchev–Trinajstić information content (AvgIpc) is 3.02.